The van der Waals surface area contributed by atoms with E-state index in [9.17, 15) is 8.42 Å². The normalized spacial score (nSPS) is 24.4. The molecule has 0 amide bonds. The van der Waals surface area contributed by atoms with Crippen molar-refractivity contribution in [3.8, 4) is 0 Å². The van der Waals surface area contributed by atoms with Crippen LogP contribution in [-0.2, 0) is 16.3 Å². The van der Waals surface area contributed by atoms with Crippen LogP contribution in [-0.4, -0.2) is 30.2 Å². The Balaban J connectivity index is 2.22. The van der Waals surface area contributed by atoms with Gasteiger partial charge in [-0.1, -0.05) is 6.42 Å². The molecule has 0 N–H and O–H groups in total. The van der Waals surface area contributed by atoms with Crippen LogP contribution in [0.2, 0.25) is 0 Å². The first-order valence-electron chi connectivity index (χ1n) is 5.23. The van der Waals surface area contributed by atoms with Crippen molar-refractivity contribution in [2.75, 3.05) is 11.6 Å². The molecular weight excluding hydrogens is 252 g/mol. The fourth-order valence-electron chi connectivity index (χ4n) is 1.81. The molecule has 1 atom stereocenters. The number of rotatable bonds is 3. The molecule has 1 aromatic rings. The Morgan fingerprint density at radius 3 is 2.88 bits per heavy atom. The Labute approximate surface area is 99.1 Å². The molecule has 0 spiro atoms. The van der Waals surface area contributed by atoms with E-state index in [2.05, 4.69) is 10.2 Å². The van der Waals surface area contributed by atoms with Crippen LogP contribution >= 0.6 is 11.6 Å². The minimum atomic E-state index is -3.11. The Hall–Kier alpha value is -0.620. The highest BCUT2D eigenvalue weighted by Crippen LogP contribution is 2.32. The average Bonchev–Trinajstić information content (AvgIpc) is 2.66. The molecule has 5 nitrogen and oxygen atoms in total. The van der Waals surface area contributed by atoms with Crippen LogP contribution in [0.3, 0.4) is 0 Å². The van der Waals surface area contributed by atoms with Gasteiger partial charge in [0.25, 0.3) is 0 Å². The second kappa shape index (κ2) is 4.71. The molecule has 1 fully saturated rings. The van der Waals surface area contributed by atoms with Crippen LogP contribution in [0.5, 0.6) is 0 Å². The fraction of sp³-hybridized carbons (Fsp3) is 0.778. The van der Waals surface area contributed by atoms with Crippen molar-refractivity contribution in [1.29, 1.82) is 0 Å². The predicted molar refractivity (Wildman–Crippen MR) is 59.1 cm³/mol. The van der Waals surface area contributed by atoms with Crippen molar-refractivity contribution in [2.24, 2.45) is 0 Å². The van der Waals surface area contributed by atoms with E-state index in [-0.39, 0.29) is 11.6 Å². The summed E-state index contributed by atoms with van der Waals surface area (Å²) < 4.78 is 28.9. The lowest BCUT2D eigenvalue weighted by molar-refractivity contribution is 0.427. The molecular formula is C9H13ClN2O3S. The van der Waals surface area contributed by atoms with E-state index < -0.39 is 15.1 Å². The maximum Gasteiger partial charge on any atom is 0.234 e. The van der Waals surface area contributed by atoms with Gasteiger partial charge >= 0.3 is 0 Å². The molecule has 2 rings (SSSR count). The molecule has 0 saturated carbocycles. The van der Waals surface area contributed by atoms with Gasteiger partial charge in [0, 0.05) is 12.3 Å². The minimum Gasteiger partial charge on any atom is -0.424 e. The number of aryl methyl sites for hydroxylation is 1. The summed E-state index contributed by atoms with van der Waals surface area (Å²) in [6.07, 6.45) is 2.66. The SMILES string of the molecule is O=S1(=O)CCCCC1c1nnc(CCCl)o1. The zero-order valence-electron chi connectivity index (χ0n) is 8.73. The number of alkyl halides is 1. The summed E-state index contributed by atoms with van der Waals surface area (Å²) >= 11 is 5.54. The lowest BCUT2D eigenvalue weighted by Crippen LogP contribution is -2.21. The van der Waals surface area contributed by atoms with Crippen LogP contribution in [0.1, 0.15) is 36.3 Å². The van der Waals surface area contributed by atoms with Crippen LogP contribution in [0.15, 0.2) is 4.42 Å². The molecule has 1 aromatic heterocycles. The Bertz CT molecular complexity index is 457. The van der Waals surface area contributed by atoms with Gasteiger partial charge in [0.15, 0.2) is 9.84 Å². The molecule has 0 aliphatic carbocycles. The van der Waals surface area contributed by atoms with Gasteiger partial charge in [-0.05, 0) is 12.8 Å². The molecule has 0 bridgehead atoms. The van der Waals surface area contributed by atoms with Crippen molar-refractivity contribution < 1.29 is 12.8 Å². The van der Waals surface area contributed by atoms with Crippen LogP contribution in [0, 0.1) is 0 Å². The minimum absolute atomic E-state index is 0.213. The van der Waals surface area contributed by atoms with E-state index in [0.29, 0.717) is 24.6 Å². The third-order valence-electron chi connectivity index (χ3n) is 2.64. The highest BCUT2D eigenvalue weighted by atomic mass is 35.5. The maximum absolute atomic E-state index is 11.8. The summed E-state index contributed by atoms with van der Waals surface area (Å²) in [6.45, 7) is 0. The number of aromatic nitrogens is 2. The van der Waals surface area contributed by atoms with Gasteiger partial charge in [0.05, 0.1) is 5.75 Å². The summed E-state index contributed by atoms with van der Waals surface area (Å²) in [5.74, 6) is 1.23. The van der Waals surface area contributed by atoms with Crippen LogP contribution < -0.4 is 0 Å². The third-order valence-corrected chi connectivity index (χ3v) is 5.00. The summed E-state index contributed by atoms with van der Waals surface area (Å²) in [7, 11) is -3.11. The monoisotopic (exact) mass is 264 g/mol. The second-order valence-electron chi connectivity index (χ2n) is 3.82. The largest absolute Gasteiger partial charge is 0.424 e. The molecule has 1 saturated heterocycles. The number of nitrogens with zero attached hydrogens (tertiary/aromatic N) is 2. The molecule has 90 valence electrons. The lowest BCUT2D eigenvalue weighted by atomic mass is 10.2. The van der Waals surface area contributed by atoms with Crippen molar-refractivity contribution in [2.45, 2.75) is 30.9 Å². The molecule has 1 unspecified atom stereocenters. The van der Waals surface area contributed by atoms with E-state index in [0.717, 1.165) is 12.8 Å². The fourth-order valence-corrected chi connectivity index (χ4v) is 3.79. The highest BCUT2D eigenvalue weighted by molar-refractivity contribution is 7.91. The first kappa shape index (κ1) is 11.9. The van der Waals surface area contributed by atoms with Crippen molar-refractivity contribution in [3.63, 3.8) is 0 Å². The van der Waals surface area contributed by atoms with E-state index in [4.69, 9.17) is 16.0 Å². The van der Waals surface area contributed by atoms with Gasteiger partial charge < -0.3 is 4.42 Å². The van der Waals surface area contributed by atoms with Gasteiger partial charge in [0.2, 0.25) is 11.8 Å². The molecule has 0 aromatic carbocycles. The maximum atomic E-state index is 11.8. The van der Waals surface area contributed by atoms with E-state index in [1.165, 1.54) is 0 Å². The first-order valence-corrected chi connectivity index (χ1v) is 7.48. The lowest BCUT2D eigenvalue weighted by Gasteiger charge is -2.18. The van der Waals surface area contributed by atoms with Gasteiger partial charge in [-0.3, -0.25) is 0 Å². The second-order valence-corrected chi connectivity index (χ2v) is 6.51. The van der Waals surface area contributed by atoms with Gasteiger partial charge in [-0.2, -0.15) is 0 Å². The number of hydrogen-bond acceptors (Lipinski definition) is 5. The molecule has 16 heavy (non-hydrogen) atoms. The molecule has 1 aliphatic heterocycles. The number of hydrogen-bond donors (Lipinski definition) is 0. The zero-order chi connectivity index (χ0) is 11.6. The quantitative estimate of drug-likeness (QED) is 0.774. The smallest absolute Gasteiger partial charge is 0.234 e. The molecule has 1 aliphatic rings. The standard InChI is InChI=1S/C9H13ClN2O3S/c10-5-4-8-11-12-9(15-8)7-3-1-2-6-16(7,13)14/h7H,1-6H2. The van der Waals surface area contributed by atoms with Crippen molar-refractivity contribution in [1.82, 2.24) is 10.2 Å². The Morgan fingerprint density at radius 2 is 2.19 bits per heavy atom. The summed E-state index contributed by atoms with van der Waals surface area (Å²) in [6, 6.07) is 0. The molecule has 2 heterocycles. The number of sulfone groups is 1. The van der Waals surface area contributed by atoms with Gasteiger partial charge in [0.1, 0.15) is 5.25 Å². The molecule has 7 heteroatoms. The van der Waals surface area contributed by atoms with Crippen molar-refractivity contribution in [3.05, 3.63) is 11.8 Å². The average molecular weight is 265 g/mol. The van der Waals surface area contributed by atoms with Gasteiger partial charge in [-0.15, -0.1) is 21.8 Å². The Kier molecular flexibility index (Phi) is 3.49. The van der Waals surface area contributed by atoms with E-state index >= 15 is 0 Å². The van der Waals surface area contributed by atoms with E-state index in [1.54, 1.807) is 0 Å². The van der Waals surface area contributed by atoms with E-state index in [1.807, 2.05) is 0 Å². The van der Waals surface area contributed by atoms with Crippen LogP contribution in [0.4, 0.5) is 0 Å². The third kappa shape index (κ3) is 2.38. The highest BCUT2D eigenvalue weighted by Gasteiger charge is 2.34. The summed E-state index contributed by atoms with van der Waals surface area (Å²) in [5.41, 5.74) is 0. The first-order chi connectivity index (χ1) is 7.63. The predicted octanol–water partition coefficient (Wildman–Crippen LogP) is 1.49. The Morgan fingerprint density at radius 1 is 1.38 bits per heavy atom. The summed E-state index contributed by atoms with van der Waals surface area (Å²) in [4.78, 5) is 0. The molecule has 0 radical (unpaired) electrons. The zero-order valence-corrected chi connectivity index (χ0v) is 10.3. The van der Waals surface area contributed by atoms with Crippen molar-refractivity contribution >= 4 is 21.4 Å². The summed E-state index contributed by atoms with van der Waals surface area (Å²) in [5, 5.41) is 6.97. The topological polar surface area (TPSA) is 73.1 Å². The van der Waals surface area contributed by atoms with Gasteiger partial charge in [-0.25, -0.2) is 8.42 Å². The number of halogens is 1. The van der Waals surface area contributed by atoms with Crippen LogP contribution in [0.25, 0.3) is 0 Å².